The highest BCUT2D eigenvalue weighted by atomic mass is 19.1. The summed E-state index contributed by atoms with van der Waals surface area (Å²) in [4.78, 5) is 4.21. The van der Waals surface area contributed by atoms with E-state index in [2.05, 4.69) is 15.2 Å². The summed E-state index contributed by atoms with van der Waals surface area (Å²) in [5.41, 5.74) is 8.75. The second-order valence-corrected chi connectivity index (χ2v) is 5.83. The molecule has 0 bridgehead atoms. The molecule has 1 saturated heterocycles. The second kappa shape index (κ2) is 8.55. The van der Waals surface area contributed by atoms with Gasteiger partial charge < -0.3 is 25.9 Å². The van der Waals surface area contributed by atoms with Crippen molar-refractivity contribution in [3.8, 4) is 0 Å². The Bertz CT molecular complexity index is 746. The smallest absolute Gasteiger partial charge is 0.157 e. The summed E-state index contributed by atoms with van der Waals surface area (Å²) < 4.78 is 19.5. The minimum atomic E-state index is -0.283. The van der Waals surface area contributed by atoms with E-state index in [0.29, 0.717) is 24.3 Å². The monoisotopic (exact) mass is 362 g/mol. The van der Waals surface area contributed by atoms with Crippen LogP contribution in [-0.2, 0) is 0 Å². The molecule has 0 atom stereocenters. The topological polar surface area (TPSA) is 96.9 Å². The number of halogens is 1. The fourth-order valence-electron chi connectivity index (χ4n) is 3.09. The number of nitrogens with zero attached hydrogens (tertiary/aromatic N) is 4. The van der Waals surface area contributed by atoms with Gasteiger partial charge >= 0.3 is 0 Å². The van der Waals surface area contributed by atoms with Gasteiger partial charge in [-0.1, -0.05) is 19.0 Å². The summed E-state index contributed by atoms with van der Waals surface area (Å²) in [5, 5.41) is 7.46. The lowest BCUT2D eigenvalue weighted by molar-refractivity contribution is 0.393. The fourth-order valence-corrected chi connectivity index (χ4v) is 3.09. The first-order chi connectivity index (χ1) is 12.5. The lowest BCUT2D eigenvalue weighted by Gasteiger charge is -2.37. The molecule has 2 heterocycles. The van der Waals surface area contributed by atoms with E-state index < -0.39 is 0 Å². The van der Waals surface area contributed by atoms with Gasteiger partial charge in [0, 0.05) is 31.7 Å². The zero-order chi connectivity index (χ0) is 19.3. The van der Waals surface area contributed by atoms with Gasteiger partial charge in [-0.2, -0.15) is 5.10 Å². The van der Waals surface area contributed by atoms with Crippen molar-refractivity contribution in [3.63, 3.8) is 0 Å². The van der Waals surface area contributed by atoms with Crippen LogP contribution in [0.1, 0.15) is 30.9 Å². The average molecular weight is 362 g/mol. The number of hydrogen-bond donors (Lipinski definition) is 2. The summed E-state index contributed by atoms with van der Waals surface area (Å²) in [7, 11) is 0. The highest BCUT2D eigenvalue weighted by molar-refractivity contribution is 5.98. The van der Waals surface area contributed by atoms with Crippen molar-refractivity contribution in [1.29, 1.82) is 0 Å². The lowest BCUT2D eigenvalue weighted by atomic mass is 10.1. The van der Waals surface area contributed by atoms with Crippen LogP contribution >= 0.6 is 0 Å². The zero-order valence-electron chi connectivity index (χ0n) is 15.8. The number of nitrogens with two attached hydrogens (primary N) is 2. The second-order valence-electron chi connectivity index (χ2n) is 5.83. The first-order valence-electron chi connectivity index (χ1n) is 8.77. The average Bonchev–Trinajstić information content (AvgIpc) is 3.01. The maximum Gasteiger partial charge on any atom is 0.157 e. The van der Waals surface area contributed by atoms with E-state index in [-0.39, 0.29) is 11.7 Å². The van der Waals surface area contributed by atoms with Crippen LogP contribution in [0.15, 0.2) is 27.8 Å². The van der Waals surface area contributed by atoms with Gasteiger partial charge in [-0.25, -0.2) is 4.39 Å². The maximum atomic E-state index is 14.2. The number of aryl methyl sites for hydroxylation is 2. The number of aromatic nitrogens is 1. The third-order valence-corrected chi connectivity index (χ3v) is 4.31. The third-order valence-electron chi connectivity index (χ3n) is 4.31. The molecule has 1 aliphatic heterocycles. The molecular weight excluding hydrogens is 335 g/mol. The van der Waals surface area contributed by atoms with Crippen LogP contribution < -0.4 is 21.4 Å². The van der Waals surface area contributed by atoms with Crippen LogP contribution in [0.4, 0.5) is 15.8 Å². The normalized spacial score (nSPS) is 14.9. The molecule has 1 aliphatic rings. The van der Waals surface area contributed by atoms with Gasteiger partial charge in [0.25, 0.3) is 0 Å². The van der Waals surface area contributed by atoms with Crippen LogP contribution in [0.2, 0.25) is 0 Å². The highest BCUT2D eigenvalue weighted by Crippen LogP contribution is 2.27. The third kappa shape index (κ3) is 3.89. The fraction of sp³-hybridized carbons (Fsp3) is 0.444. The highest BCUT2D eigenvalue weighted by Gasteiger charge is 2.24. The molecule has 1 aromatic heterocycles. The van der Waals surface area contributed by atoms with Gasteiger partial charge in [0.15, 0.2) is 5.76 Å². The van der Waals surface area contributed by atoms with Crippen molar-refractivity contribution in [3.05, 3.63) is 41.0 Å². The van der Waals surface area contributed by atoms with Crippen LogP contribution in [0.3, 0.4) is 0 Å². The number of hydrogen-bond acceptors (Lipinski definition) is 6. The summed E-state index contributed by atoms with van der Waals surface area (Å²) in [6.45, 7) is 10.7. The summed E-state index contributed by atoms with van der Waals surface area (Å²) in [6.07, 6.45) is 0. The summed E-state index contributed by atoms with van der Waals surface area (Å²) in [5.74, 6) is 5.91. The van der Waals surface area contributed by atoms with Gasteiger partial charge in [0.1, 0.15) is 23.0 Å². The van der Waals surface area contributed by atoms with Crippen molar-refractivity contribution < 1.29 is 8.91 Å². The Morgan fingerprint density at radius 2 is 1.77 bits per heavy atom. The van der Waals surface area contributed by atoms with E-state index in [1.54, 1.807) is 12.1 Å². The number of hydrazone groups is 1. The van der Waals surface area contributed by atoms with Crippen LogP contribution in [-0.4, -0.2) is 37.2 Å². The maximum absolute atomic E-state index is 14.2. The molecule has 1 aromatic carbocycles. The van der Waals surface area contributed by atoms with Gasteiger partial charge in [-0.05, 0) is 32.0 Å². The van der Waals surface area contributed by atoms with E-state index >= 15 is 0 Å². The predicted molar refractivity (Wildman–Crippen MR) is 103 cm³/mol. The van der Waals surface area contributed by atoms with Crippen LogP contribution in [0, 0.1) is 19.7 Å². The molecule has 4 N–H and O–H groups in total. The van der Waals surface area contributed by atoms with Crippen LogP contribution in [0.25, 0.3) is 0 Å². The Labute approximate surface area is 153 Å². The molecule has 2 aromatic rings. The Morgan fingerprint density at radius 3 is 2.31 bits per heavy atom. The van der Waals surface area contributed by atoms with Crippen molar-refractivity contribution >= 4 is 17.2 Å². The molecule has 0 radical (unpaired) electrons. The zero-order valence-corrected chi connectivity index (χ0v) is 15.8. The van der Waals surface area contributed by atoms with Crippen LogP contribution in [0.5, 0.6) is 0 Å². The minimum Gasteiger partial charge on any atom is -0.382 e. The quantitative estimate of drug-likeness (QED) is 0.377. The number of benzene rings is 1. The van der Waals surface area contributed by atoms with Crippen molar-refractivity contribution in [2.75, 3.05) is 36.0 Å². The first-order valence-corrected chi connectivity index (χ1v) is 8.77. The molecule has 8 heteroatoms. The van der Waals surface area contributed by atoms with Gasteiger partial charge in [0.2, 0.25) is 0 Å². The number of amidine groups is 1. The van der Waals surface area contributed by atoms with E-state index in [1.165, 1.54) is 6.07 Å². The summed E-state index contributed by atoms with van der Waals surface area (Å²) >= 11 is 0. The molecule has 0 spiro atoms. The minimum absolute atomic E-state index is 0.186. The van der Waals surface area contributed by atoms with Crippen molar-refractivity contribution in [1.82, 2.24) is 5.16 Å². The largest absolute Gasteiger partial charge is 0.382 e. The molecule has 26 heavy (non-hydrogen) atoms. The lowest BCUT2D eigenvalue weighted by Crippen LogP contribution is -2.47. The first kappa shape index (κ1) is 19.6. The molecule has 0 saturated carbocycles. The number of rotatable bonds is 3. The molecule has 0 amide bonds. The molecule has 1 fully saturated rings. The predicted octanol–water partition coefficient (Wildman–Crippen LogP) is 2.36. The van der Waals surface area contributed by atoms with Gasteiger partial charge in [0.05, 0.1) is 5.69 Å². The van der Waals surface area contributed by atoms with E-state index in [1.807, 2.05) is 32.6 Å². The van der Waals surface area contributed by atoms with E-state index in [9.17, 15) is 4.39 Å². The Hall–Kier alpha value is -2.77. The molecule has 3 rings (SSSR count). The Morgan fingerprint density at radius 1 is 1.15 bits per heavy atom. The number of piperazine rings is 1. The van der Waals surface area contributed by atoms with E-state index in [4.69, 9.17) is 16.1 Å². The molecule has 7 nitrogen and oxygen atoms in total. The van der Waals surface area contributed by atoms with Crippen molar-refractivity contribution in [2.24, 2.45) is 16.7 Å². The summed E-state index contributed by atoms with van der Waals surface area (Å²) in [6, 6.07) is 4.65. The Balaban J connectivity index is 0.00000117. The van der Waals surface area contributed by atoms with Crippen molar-refractivity contribution in [2.45, 2.75) is 27.7 Å². The SMILES string of the molecule is CC.Cc1noc(C)c1N1CCN(c2cc(/C(N)=N/N)ccc2F)CC1. The molecule has 0 unspecified atom stereocenters. The Kier molecular flexibility index (Phi) is 6.43. The van der Waals surface area contributed by atoms with Gasteiger partial charge in [-0.3, -0.25) is 0 Å². The van der Waals surface area contributed by atoms with Gasteiger partial charge in [-0.15, -0.1) is 0 Å². The molecule has 0 aliphatic carbocycles. The molecule has 142 valence electrons. The van der Waals surface area contributed by atoms with E-state index in [0.717, 1.165) is 30.2 Å². The standard InChI is InChI=1S/C16H21FN6O.C2H6/c1-10-15(11(2)24-21-10)23-7-5-22(6-8-23)14-9-12(16(18)20-19)3-4-13(14)17;1-2/h3-4,9H,5-8,19H2,1-2H3,(H2,18,20);1-2H3. The molecular formula is C18H27FN6O. The number of anilines is 2.